The Labute approximate surface area is 333 Å². The third-order valence-electron chi connectivity index (χ3n) is 10.2. The van der Waals surface area contributed by atoms with E-state index in [4.69, 9.17) is 24.4 Å². The molecule has 8 rings (SSSR count). The first-order chi connectivity index (χ1) is 28.1. The van der Waals surface area contributed by atoms with Crippen LogP contribution < -0.4 is 0 Å². The molecule has 8 bridgehead atoms. The molecule has 0 radical (unpaired) electrons. The van der Waals surface area contributed by atoms with E-state index >= 15 is 0 Å². The highest BCUT2D eigenvalue weighted by atomic mass is 16.5. The van der Waals surface area contributed by atoms with Crippen molar-refractivity contribution in [1.82, 2.24) is 29.5 Å². The normalized spacial score (nSPS) is 13.0. The fraction of sp³-hybridized carbons (Fsp3) is 0.184. The van der Waals surface area contributed by atoms with Crippen LogP contribution in [0.5, 0.6) is 0 Å². The highest BCUT2D eigenvalue weighted by Crippen LogP contribution is 2.34. The molecule has 1 aliphatic carbocycles. The number of nitrogens with zero attached hydrogens (tertiary/aromatic N) is 4. The molecule has 3 aliphatic rings. The summed E-state index contributed by atoms with van der Waals surface area (Å²) in [4.78, 5) is 23.1. The second-order valence-corrected chi connectivity index (χ2v) is 14.1. The standard InChI is InChI=1S/C49H46N6O2/c1-4-30-56-32-8-12-37-39-20-24-43(51-39)47(36-18-16-35(17-19-36)15-14-34-10-6-7-11-34)44-25-21-40(52-44)38(13-9-33-57-31-5-2)42-23-27-46(54-42)48(45-26-22-41(37)53-45)49-50-28-29-55(49)3/h4-7,10,14-29,51,54H,1-2,8-9,12-13,30-33H2,3H3/b15-14+,39-37?,40-38?,41-37?,42-38?,47-43?,47-44?,48-45?,48-46?. The van der Waals surface area contributed by atoms with Crippen LogP contribution in [0.3, 0.4) is 0 Å². The zero-order chi connectivity index (χ0) is 39.0. The highest BCUT2D eigenvalue weighted by Gasteiger charge is 2.19. The molecule has 0 fully saturated rings. The van der Waals surface area contributed by atoms with Gasteiger partial charge in [0, 0.05) is 71.5 Å². The van der Waals surface area contributed by atoms with Gasteiger partial charge >= 0.3 is 0 Å². The molecule has 4 aromatic heterocycles. The zero-order valence-electron chi connectivity index (χ0n) is 32.3. The number of hydrogen-bond acceptors (Lipinski definition) is 5. The van der Waals surface area contributed by atoms with E-state index in [0.29, 0.717) is 26.4 Å². The van der Waals surface area contributed by atoms with Gasteiger partial charge in [-0.2, -0.15) is 0 Å². The van der Waals surface area contributed by atoms with Gasteiger partial charge in [-0.25, -0.2) is 15.0 Å². The second-order valence-electron chi connectivity index (χ2n) is 14.1. The molecule has 8 heteroatoms. The molecule has 6 heterocycles. The van der Waals surface area contributed by atoms with E-state index in [1.807, 2.05) is 36.2 Å². The van der Waals surface area contributed by atoms with Crippen LogP contribution in [-0.2, 0) is 29.4 Å². The predicted octanol–water partition coefficient (Wildman–Crippen LogP) is 10.7. The molecule has 57 heavy (non-hydrogen) atoms. The molecular formula is C49H46N6O2. The minimum atomic E-state index is 0.524. The van der Waals surface area contributed by atoms with Gasteiger partial charge in [-0.15, -0.1) is 18.9 Å². The Morgan fingerprint density at radius 3 is 1.82 bits per heavy atom. The van der Waals surface area contributed by atoms with Gasteiger partial charge in [0.1, 0.15) is 5.82 Å². The van der Waals surface area contributed by atoms with Crippen LogP contribution in [-0.4, -0.2) is 55.9 Å². The number of fused-ring (bicyclic) bond motifs is 8. The lowest BCUT2D eigenvalue weighted by Crippen LogP contribution is -1.99. The summed E-state index contributed by atoms with van der Waals surface area (Å²) in [7, 11) is 2.02. The number of nitrogens with one attached hydrogen (secondary N) is 2. The number of H-pyrrole nitrogens is 2. The van der Waals surface area contributed by atoms with Gasteiger partial charge in [-0.05, 0) is 104 Å². The van der Waals surface area contributed by atoms with Crippen LogP contribution in [0.25, 0.3) is 75.0 Å². The molecule has 0 saturated heterocycles. The monoisotopic (exact) mass is 750 g/mol. The first-order valence-corrected chi connectivity index (χ1v) is 19.5. The number of aryl methyl sites for hydroxylation is 3. The summed E-state index contributed by atoms with van der Waals surface area (Å²) in [5.41, 5.74) is 18.1. The molecule has 2 N–H and O–H groups in total. The summed E-state index contributed by atoms with van der Waals surface area (Å²) in [6, 6.07) is 17.3. The van der Waals surface area contributed by atoms with Gasteiger partial charge in [0.05, 0.1) is 47.1 Å². The lowest BCUT2D eigenvalue weighted by molar-refractivity contribution is 0.160. The lowest BCUT2D eigenvalue weighted by Gasteiger charge is -2.07. The van der Waals surface area contributed by atoms with Gasteiger partial charge in [0.2, 0.25) is 0 Å². The topological polar surface area (TPSA) is 93.6 Å². The molecule has 2 aliphatic heterocycles. The molecule has 0 atom stereocenters. The summed E-state index contributed by atoms with van der Waals surface area (Å²) in [5.74, 6) is 0.828. The Morgan fingerprint density at radius 2 is 1.26 bits per heavy atom. The Bertz CT molecular complexity index is 2660. The zero-order valence-corrected chi connectivity index (χ0v) is 32.3. The number of aromatic amines is 2. The summed E-state index contributed by atoms with van der Waals surface area (Å²) >= 11 is 0. The lowest BCUT2D eigenvalue weighted by atomic mass is 10.0. The highest BCUT2D eigenvalue weighted by molar-refractivity contribution is 5.93. The Balaban J connectivity index is 1.36. The number of allylic oxidation sites excluding steroid dienone is 4. The largest absolute Gasteiger partial charge is 0.377 e. The Hall–Kier alpha value is -6.57. The summed E-state index contributed by atoms with van der Waals surface area (Å²) in [6.07, 6.45) is 29.2. The Kier molecular flexibility index (Phi) is 11.5. The predicted molar refractivity (Wildman–Crippen MR) is 235 cm³/mol. The third kappa shape index (κ3) is 8.35. The number of rotatable bonds is 16. The van der Waals surface area contributed by atoms with Crippen molar-refractivity contribution in [2.45, 2.75) is 25.7 Å². The van der Waals surface area contributed by atoms with Crippen molar-refractivity contribution < 1.29 is 9.47 Å². The van der Waals surface area contributed by atoms with Gasteiger partial charge in [0.25, 0.3) is 0 Å². The second kappa shape index (κ2) is 17.5. The average Bonchev–Trinajstić information content (AvgIpc) is 4.09. The minimum absolute atomic E-state index is 0.524. The first-order valence-electron chi connectivity index (χ1n) is 19.5. The van der Waals surface area contributed by atoms with Crippen LogP contribution in [0.2, 0.25) is 0 Å². The van der Waals surface area contributed by atoms with Crippen molar-refractivity contribution in [2.24, 2.45) is 7.05 Å². The van der Waals surface area contributed by atoms with Crippen LogP contribution >= 0.6 is 0 Å². The quantitative estimate of drug-likeness (QED) is 0.0583. The summed E-state index contributed by atoms with van der Waals surface area (Å²) < 4.78 is 13.7. The number of aromatic nitrogens is 6. The van der Waals surface area contributed by atoms with E-state index in [9.17, 15) is 0 Å². The smallest absolute Gasteiger partial charge is 0.143 e. The molecule has 0 spiro atoms. The molecule has 0 unspecified atom stereocenters. The van der Waals surface area contributed by atoms with E-state index in [0.717, 1.165) is 115 Å². The van der Waals surface area contributed by atoms with Crippen molar-refractivity contribution in [2.75, 3.05) is 26.4 Å². The van der Waals surface area contributed by atoms with Gasteiger partial charge in [0.15, 0.2) is 0 Å². The minimum Gasteiger partial charge on any atom is -0.377 e. The molecule has 0 saturated carbocycles. The van der Waals surface area contributed by atoms with E-state index in [1.54, 1.807) is 12.2 Å². The van der Waals surface area contributed by atoms with Crippen LogP contribution in [0.4, 0.5) is 0 Å². The van der Waals surface area contributed by atoms with Gasteiger partial charge in [-0.3, -0.25) is 0 Å². The fourth-order valence-corrected chi connectivity index (χ4v) is 7.43. The van der Waals surface area contributed by atoms with Gasteiger partial charge in [-0.1, -0.05) is 48.6 Å². The first kappa shape index (κ1) is 37.4. The van der Waals surface area contributed by atoms with Crippen molar-refractivity contribution in [3.8, 4) is 22.5 Å². The van der Waals surface area contributed by atoms with E-state index in [2.05, 4.69) is 120 Å². The van der Waals surface area contributed by atoms with E-state index in [1.165, 1.54) is 0 Å². The van der Waals surface area contributed by atoms with E-state index in [-0.39, 0.29) is 0 Å². The Morgan fingerprint density at radius 1 is 0.684 bits per heavy atom. The maximum atomic E-state index is 5.81. The molecular weight excluding hydrogens is 705 g/mol. The van der Waals surface area contributed by atoms with Crippen molar-refractivity contribution in [3.63, 3.8) is 0 Å². The van der Waals surface area contributed by atoms with Crippen LogP contribution in [0.1, 0.15) is 52.3 Å². The van der Waals surface area contributed by atoms with Crippen molar-refractivity contribution >= 4 is 52.4 Å². The third-order valence-corrected chi connectivity index (χ3v) is 10.2. The number of imidazole rings is 1. The average molecular weight is 751 g/mol. The number of benzene rings is 1. The SMILES string of the molecule is C=CCOCCCc1c2nc(c(-c3nccn3C)c3ccc([nH]3)c(CCCOCC=C)c3nc(c(-c4ccc(/C=C/C5=C=CC=C5)cc4)c4ccc1[nH]4)C=C3)C=C2. The van der Waals surface area contributed by atoms with E-state index < -0.39 is 0 Å². The summed E-state index contributed by atoms with van der Waals surface area (Å²) in [5, 5.41) is 0. The molecule has 284 valence electrons. The maximum absolute atomic E-state index is 5.81. The number of ether oxygens (including phenoxy) is 2. The van der Waals surface area contributed by atoms with Gasteiger partial charge < -0.3 is 24.0 Å². The number of hydrogen-bond donors (Lipinski definition) is 2. The molecule has 1 aromatic carbocycles. The van der Waals surface area contributed by atoms with Crippen molar-refractivity contribution in [3.05, 3.63) is 161 Å². The van der Waals surface area contributed by atoms with Crippen LogP contribution in [0, 0.1) is 0 Å². The van der Waals surface area contributed by atoms with Crippen molar-refractivity contribution in [1.29, 1.82) is 0 Å². The molecule has 8 nitrogen and oxygen atoms in total. The molecule has 0 amide bonds. The maximum Gasteiger partial charge on any atom is 0.143 e. The molecule has 5 aromatic rings. The fourth-order valence-electron chi connectivity index (χ4n) is 7.43. The summed E-state index contributed by atoms with van der Waals surface area (Å²) in [6.45, 7) is 9.89. The van der Waals surface area contributed by atoms with Crippen LogP contribution in [0.15, 0.2) is 122 Å².